The van der Waals surface area contributed by atoms with E-state index in [9.17, 15) is 14.4 Å². The fourth-order valence-corrected chi connectivity index (χ4v) is 6.00. The average Bonchev–Trinajstić information content (AvgIpc) is 2.86. The molecule has 0 unspecified atom stereocenters. The fourth-order valence-electron chi connectivity index (χ4n) is 6.00. The van der Waals surface area contributed by atoms with Crippen molar-refractivity contribution in [2.45, 2.75) is 46.0 Å². The Morgan fingerprint density at radius 2 is 1.88 bits per heavy atom. The molecule has 4 rings (SSSR count). The Hall–Kier alpha value is -2.02. The minimum absolute atomic E-state index is 0.0314. The summed E-state index contributed by atoms with van der Waals surface area (Å²) in [6, 6.07) is 0. The number of ketones is 3. The maximum absolute atomic E-state index is 12.5. The van der Waals surface area contributed by atoms with Crippen molar-refractivity contribution < 1.29 is 14.4 Å². The molecule has 0 amide bonds. The smallest absolute Gasteiger partial charge is 0.234 e. The molecule has 2 fully saturated rings. The normalized spacial score (nSPS) is 44.0. The summed E-state index contributed by atoms with van der Waals surface area (Å²) in [4.78, 5) is 40.3. The third-order valence-corrected chi connectivity index (χ3v) is 7.33. The van der Waals surface area contributed by atoms with Gasteiger partial charge in [0.1, 0.15) is 5.78 Å². The molecule has 0 aromatic carbocycles. The number of allylic oxidation sites excluding steroid dienone is 4. The number of fused-ring (bicyclic) bond motifs is 5. The van der Waals surface area contributed by atoms with Crippen LogP contribution in [-0.2, 0) is 14.4 Å². The van der Waals surface area contributed by atoms with E-state index < -0.39 is 17.0 Å². The Labute approximate surface area is 141 Å². The molecule has 0 radical (unpaired) electrons. The molecular formula is C20H21NO3. The Morgan fingerprint density at radius 3 is 2.58 bits per heavy atom. The molecule has 24 heavy (non-hydrogen) atoms. The van der Waals surface area contributed by atoms with Crippen LogP contribution in [-0.4, -0.2) is 17.3 Å². The van der Waals surface area contributed by atoms with Gasteiger partial charge in [0, 0.05) is 22.8 Å². The van der Waals surface area contributed by atoms with Crippen molar-refractivity contribution in [1.82, 2.24) is 0 Å². The second kappa shape index (κ2) is 4.75. The number of Topliss-reactive ketones (excluding diaryl/α,β-unsaturated/α-hetero) is 3. The van der Waals surface area contributed by atoms with Gasteiger partial charge in [-0.05, 0) is 43.4 Å². The molecule has 0 bridgehead atoms. The molecule has 0 aliphatic heterocycles. The van der Waals surface area contributed by atoms with E-state index in [1.165, 1.54) is 0 Å². The minimum atomic E-state index is -0.663. The van der Waals surface area contributed by atoms with Crippen LogP contribution in [0.3, 0.4) is 0 Å². The second-order valence-electron chi connectivity index (χ2n) is 8.23. The Morgan fingerprint density at radius 1 is 1.12 bits per heavy atom. The van der Waals surface area contributed by atoms with Gasteiger partial charge in [-0.3, -0.25) is 14.4 Å². The van der Waals surface area contributed by atoms with Crippen molar-refractivity contribution in [1.29, 1.82) is 0 Å². The van der Waals surface area contributed by atoms with E-state index in [1.807, 2.05) is 13.0 Å². The zero-order valence-corrected chi connectivity index (χ0v) is 14.1. The Balaban J connectivity index is 1.82. The highest BCUT2D eigenvalue weighted by atomic mass is 16.2. The molecule has 2 saturated carbocycles. The van der Waals surface area contributed by atoms with Gasteiger partial charge in [-0.15, -0.1) is 0 Å². The van der Waals surface area contributed by atoms with Gasteiger partial charge >= 0.3 is 0 Å². The van der Waals surface area contributed by atoms with Gasteiger partial charge in [-0.25, -0.2) is 4.85 Å². The van der Waals surface area contributed by atoms with Crippen molar-refractivity contribution in [2.75, 3.05) is 0 Å². The lowest BCUT2D eigenvalue weighted by Crippen LogP contribution is -2.51. The topological polar surface area (TPSA) is 55.6 Å². The summed E-state index contributed by atoms with van der Waals surface area (Å²) in [6.07, 6.45) is 7.76. The largest absolute Gasteiger partial charge is 0.299 e. The first-order valence-electron chi connectivity index (χ1n) is 8.76. The number of hydrogen-bond acceptors (Lipinski definition) is 3. The lowest BCUT2D eigenvalue weighted by atomic mass is 9.49. The Bertz CT molecular complexity index is 783. The molecule has 0 spiro atoms. The van der Waals surface area contributed by atoms with E-state index >= 15 is 0 Å². The van der Waals surface area contributed by atoms with E-state index in [1.54, 1.807) is 6.08 Å². The summed E-state index contributed by atoms with van der Waals surface area (Å²) < 4.78 is 0. The van der Waals surface area contributed by atoms with E-state index in [0.29, 0.717) is 29.6 Å². The van der Waals surface area contributed by atoms with Crippen LogP contribution < -0.4 is 0 Å². The number of carbonyl (C=O) groups excluding carboxylic acids is 3. The van der Waals surface area contributed by atoms with Crippen LogP contribution in [0.15, 0.2) is 23.4 Å². The zero-order valence-electron chi connectivity index (χ0n) is 14.1. The minimum Gasteiger partial charge on any atom is -0.299 e. The van der Waals surface area contributed by atoms with E-state index in [4.69, 9.17) is 6.57 Å². The molecule has 0 N–H and O–H groups in total. The molecule has 4 aliphatic rings. The lowest BCUT2D eigenvalue weighted by molar-refractivity contribution is -0.135. The van der Waals surface area contributed by atoms with Crippen molar-refractivity contribution in [2.24, 2.45) is 28.6 Å². The Kier molecular flexibility index (Phi) is 3.07. The molecular weight excluding hydrogens is 302 g/mol. The lowest BCUT2D eigenvalue weighted by Gasteiger charge is -2.54. The van der Waals surface area contributed by atoms with Crippen LogP contribution in [0.25, 0.3) is 4.85 Å². The zero-order chi connectivity index (χ0) is 17.3. The third-order valence-electron chi connectivity index (χ3n) is 7.33. The van der Waals surface area contributed by atoms with Crippen molar-refractivity contribution in [3.63, 3.8) is 0 Å². The summed E-state index contributed by atoms with van der Waals surface area (Å²) in [6.45, 7) is 11.4. The predicted molar refractivity (Wildman–Crippen MR) is 87.6 cm³/mol. The van der Waals surface area contributed by atoms with Crippen molar-refractivity contribution in [3.8, 4) is 0 Å². The molecule has 0 heterocycles. The fraction of sp³-hybridized carbons (Fsp3) is 0.600. The highest BCUT2D eigenvalue weighted by molar-refractivity contribution is 6.50. The quantitative estimate of drug-likeness (QED) is 0.508. The predicted octanol–water partition coefficient (Wildman–Crippen LogP) is 3.29. The molecule has 0 aromatic rings. The molecule has 5 atom stereocenters. The molecule has 0 saturated heterocycles. The number of carbonyl (C=O) groups is 3. The number of hydrogen-bond donors (Lipinski definition) is 0. The van der Waals surface area contributed by atoms with Crippen LogP contribution in [0, 0.1) is 35.2 Å². The summed E-state index contributed by atoms with van der Waals surface area (Å²) in [5.41, 5.74) is -0.213. The third kappa shape index (κ3) is 1.70. The molecule has 124 valence electrons. The van der Waals surface area contributed by atoms with Crippen LogP contribution in [0.1, 0.15) is 46.0 Å². The van der Waals surface area contributed by atoms with Gasteiger partial charge in [0.25, 0.3) is 0 Å². The van der Waals surface area contributed by atoms with Crippen LogP contribution in [0.4, 0.5) is 0 Å². The number of rotatable bonds is 0. The maximum atomic E-state index is 12.5. The first-order valence-corrected chi connectivity index (χ1v) is 8.76. The second-order valence-corrected chi connectivity index (χ2v) is 8.23. The van der Waals surface area contributed by atoms with Crippen LogP contribution in [0.5, 0.6) is 0 Å². The highest BCUT2D eigenvalue weighted by Crippen LogP contribution is 2.62. The van der Waals surface area contributed by atoms with Gasteiger partial charge < -0.3 is 0 Å². The van der Waals surface area contributed by atoms with E-state index in [2.05, 4.69) is 11.8 Å². The molecule has 0 aromatic heterocycles. The average molecular weight is 323 g/mol. The van der Waals surface area contributed by atoms with E-state index in [0.717, 1.165) is 25.7 Å². The summed E-state index contributed by atoms with van der Waals surface area (Å²) in [7, 11) is 0. The number of nitrogens with zero attached hydrogens (tertiary/aromatic N) is 1. The van der Waals surface area contributed by atoms with Gasteiger partial charge in [-0.1, -0.05) is 26.0 Å². The highest BCUT2D eigenvalue weighted by Gasteiger charge is 2.59. The summed E-state index contributed by atoms with van der Waals surface area (Å²) in [5.74, 6) is 0.168. The monoisotopic (exact) mass is 323 g/mol. The van der Waals surface area contributed by atoms with Crippen LogP contribution >= 0.6 is 0 Å². The van der Waals surface area contributed by atoms with Gasteiger partial charge in [0.15, 0.2) is 0 Å². The first kappa shape index (κ1) is 15.5. The van der Waals surface area contributed by atoms with E-state index in [-0.39, 0.29) is 17.0 Å². The standard InChI is InChI=1S/C20H21NO3/c1-19-9-8-13-11(12(19)6-7-16(19)22)4-5-14-17(23)18(24)15(21-3)10-20(13,14)2/h5,10-13H,4,6-9H2,1-2H3/t11-,12-,13-,19-,20+/m0/s1. The summed E-state index contributed by atoms with van der Waals surface area (Å²) in [5, 5.41) is 0. The van der Waals surface area contributed by atoms with Crippen LogP contribution in [0.2, 0.25) is 0 Å². The maximum Gasteiger partial charge on any atom is 0.234 e. The summed E-state index contributed by atoms with van der Waals surface area (Å²) >= 11 is 0. The molecule has 4 aliphatic carbocycles. The molecule has 4 nitrogen and oxygen atoms in total. The van der Waals surface area contributed by atoms with Crippen molar-refractivity contribution >= 4 is 17.3 Å². The van der Waals surface area contributed by atoms with Gasteiger partial charge in [0.2, 0.25) is 17.3 Å². The van der Waals surface area contributed by atoms with Gasteiger partial charge in [0.05, 0.1) is 6.57 Å². The van der Waals surface area contributed by atoms with Gasteiger partial charge in [-0.2, -0.15) is 0 Å². The van der Waals surface area contributed by atoms with Crippen molar-refractivity contribution in [3.05, 3.63) is 34.8 Å². The SMILES string of the molecule is [C-]#[N+]C1=C[C@@]2(C)C(=CC[C@@H]3[C@@H]2CC[C@]2(C)C(=O)CC[C@@H]32)C(=O)C1=O. The molecule has 4 heteroatoms. The first-order chi connectivity index (χ1) is 11.3.